The van der Waals surface area contributed by atoms with Gasteiger partial charge in [0.25, 0.3) is 0 Å². The van der Waals surface area contributed by atoms with E-state index in [2.05, 4.69) is 10.2 Å². The van der Waals surface area contributed by atoms with Gasteiger partial charge in [0.2, 0.25) is 0 Å². The molecule has 0 amide bonds. The molecule has 2 aromatic rings. The summed E-state index contributed by atoms with van der Waals surface area (Å²) in [5.41, 5.74) is 1.72. The maximum atomic E-state index is 9.96. The van der Waals surface area contributed by atoms with Crippen LogP contribution in [0.15, 0.2) is 28.9 Å². The number of phenols is 1. The molecular weight excluding hydrogens is 216 g/mol. The number of furan rings is 1. The van der Waals surface area contributed by atoms with Crippen LogP contribution in [-0.2, 0) is 6.54 Å². The van der Waals surface area contributed by atoms with Gasteiger partial charge in [0.05, 0.1) is 6.26 Å². The Hall–Kier alpha value is -1.52. The maximum Gasteiger partial charge on any atom is 0.137 e. The lowest BCUT2D eigenvalue weighted by molar-refractivity contribution is 0.230. The largest absolute Gasteiger partial charge is 0.507 e. The molecule has 1 aromatic heterocycles. The SMILES string of the molecule is Oc1cc2occc2cc1CN1CCNCC1. The van der Waals surface area contributed by atoms with Crippen LogP contribution in [0.5, 0.6) is 5.75 Å². The van der Waals surface area contributed by atoms with Crippen molar-refractivity contribution in [1.29, 1.82) is 0 Å². The van der Waals surface area contributed by atoms with Gasteiger partial charge < -0.3 is 14.8 Å². The molecule has 1 aromatic carbocycles. The van der Waals surface area contributed by atoms with E-state index in [4.69, 9.17) is 4.42 Å². The van der Waals surface area contributed by atoms with E-state index in [1.807, 2.05) is 12.1 Å². The first-order valence-electron chi connectivity index (χ1n) is 5.95. The van der Waals surface area contributed by atoms with Gasteiger partial charge in [-0.25, -0.2) is 0 Å². The van der Waals surface area contributed by atoms with Crippen molar-refractivity contribution in [2.45, 2.75) is 6.54 Å². The molecule has 1 aliphatic rings. The summed E-state index contributed by atoms with van der Waals surface area (Å²) in [6.45, 7) is 4.91. The van der Waals surface area contributed by atoms with Gasteiger partial charge in [0.1, 0.15) is 11.3 Å². The molecule has 0 aliphatic carbocycles. The quantitative estimate of drug-likeness (QED) is 0.824. The maximum absolute atomic E-state index is 9.96. The Morgan fingerprint density at radius 1 is 1.29 bits per heavy atom. The molecule has 2 heterocycles. The normalized spacial score (nSPS) is 17.6. The fourth-order valence-corrected chi connectivity index (χ4v) is 2.28. The molecule has 2 N–H and O–H groups in total. The second-order valence-corrected chi connectivity index (χ2v) is 4.47. The van der Waals surface area contributed by atoms with Gasteiger partial charge in [0, 0.05) is 49.7 Å². The molecule has 1 saturated heterocycles. The molecule has 0 saturated carbocycles. The Bertz CT molecular complexity index is 515. The van der Waals surface area contributed by atoms with Crippen LogP contribution in [0.3, 0.4) is 0 Å². The smallest absolute Gasteiger partial charge is 0.137 e. The molecule has 3 rings (SSSR count). The lowest BCUT2D eigenvalue weighted by atomic mass is 10.1. The summed E-state index contributed by atoms with van der Waals surface area (Å²) >= 11 is 0. The average molecular weight is 232 g/mol. The number of aromatic hydroxyl groups is 1. The van der Waals surface area contributed by atoms with Crippen LogP contribution in [0.4, 0.5) is 0 Å². The van der Waals surface area contributed by atoms with Crippen LogP contribution < -0.4 is 5.32 Å². The molecule has 0 atom stereocenters. The molecule has 0 radical (unpaired) electrons. The van der Waals surface area contributed by atoms with E-state index in [0.717, 1.165) is 49.3 Å². The standard InChI is InChI=1S/C13H16N2O2/c16-12-8-13-10(1-6-17-13)7-11(12)9-15-4-2-14-3-5-15/h1,6-8,14,16H,2-5,9H2. The Balaban J connectivity index is 1.85. The first-order valence-corrected chi connectivity index (χ1v) is 5.95. The summed E-state index contributed by atoms with van der Waals surface area (Å²) in [6, 6.07) is 5.64. The molecule has 0 spiro atoms. The van der Waals surface area contributed by atoms with Crippen molar-refractivity contribution in [3.63, 3.8) is 0 Å². The Morgan fingerprint density at radius 3 is 2.94 bits per heavy atom. The van der Waals surface area contributed by atoms with E-state index >= 15 is 0 Å². The highest BCUT2D eigenvalue weighted by Crippen LogP contribution is 2.26. The minimum absolute atomic E-state index is 0.325. The first kappa shape index (κ1) is 10.6. The zero-order valence-corrected chi connectivity index (χ0v) is 9.65. The molecule has 1 aliphatic heterocycles. The number of hydrogen-bond donors (Lipinski definition) is 2. The van der Waals surface area contributed by atoms with Crippen molar-refractivity contribution in [1.82, 2.24) is 10.2 Å². The van der Waals surface area contributed by atoms with Gasteiger partial charge in [-0.05, 0) is 12.1 Å². The Labute approximate surface area is 99.8 Å². The topological polar surface area (TPSA) is 48.6 Å². The van der Waals surface area contributed by atoms with Crippen molar-refractivity contribution < 1.29 is 9.52 Å². The van der Waals surface area contributed by atoms with Crippen molar-refractivity contribution >= 4 is 11.0 Å². The third-order valence-electron chi connectivity index (χ3n) is 3.26. The summed E-state index contributed by atoms with van der Waals surface area (Å²) in [6.07, 6.45) is 1.65. The number of nitrogens with zero attached hydrogens (tertiary/aromatic N) is 1. The van der Waals surface area contributed by atoms with Crippen LogP contribution in [0.25, 0.3) is 11.0 Å². The molecule has 4 nitrogen and oxygen atoms in total. The van der Waals surface area contributed by atoms with Crippen LogP contribution >= 0.6 is 0 Å². The minimum atomic E-state index is 0.325. The molecule has 90 valence electrons. The lowest BCUT2D eigenvalue weighted by Gasteiger charge is -2.27. The van der Waals surface area contributed by atoms with E-state index in [0.29, 0.717) is 5.75 Å². The summed E-state index contributed by atoms with van der Waals surface area (Å²) in [4.78, 5) is 2.34. The molecule has 17 heavy (non-hydrogen) atoms. The summed E-state index contributed by atoms with van der Waals surface area (Å²) in [5.74, 6) is 0.325. The highest BCUT2D eigenvalue weighted by molar-refractivity contribution is 5.79. The number of piperazine rings is 1. The minimum Gasteiger partial charge on any atom is -0.507 e. The number of hydrogen-bond acceptors (Lipinski definition) is 4. The molecule has 0 unspecified atom stereocenters. The predicted octanol–water partition coefficient (Wildman–Crippen LogP) is 1.54. The van der Waals surface area contributed by atoms with E-state index < -0.39 is 0 Å². The summed E-state index contributed by atoms with van der Waals surface area (Å²) in [7, 11) is 0. The van der Waals surface area contributed by atoms with Crippen molar-refractivity contribution in [3.8, 4) is 5.75 Å². The first-order chi connectivity index (χ1) is 8.33. The van der Waals surface area contributed by atoms with Gasteiger partial charge in [-0.2, -0.15) is 0 Å². The van der Waals surface area contributed by atoms with Gasteiger partial charge in [0.15, 0.2) is 0 Å². The molecule has 1 fully saturated rings. The summed E-state index contributed by atoms with van der Waals surface area (Å²) in [5, 5.41) is 14.3. The van der Waals surface area contributed by atoms with Gasteiger partial charge >= 0.3 is 0 Å². The fraction of sp³-hybridized carbons (Fsp3) is 0.385. The van der Waals surface area contributed by atoms with E-state index in [1.165, 1.54) is 0 Å². The van der Waals surface area contributed by atoms with Crippen LogP contribution in [0.2, 0.25) is 0 Å². The predicted molar refractivity (Wildman–Crippen MR) is 66.0 cm³/mol. The number of rotatable bonds is 2. The van der Waals surface area contributed by atoms with Gasteiger partial charge in [-0.3, -0.25) is 4.90 Å². The zero-order valence-electron chi connectivity index (χ0n) is 9.65. The van der Waals surface area contributed by atoms with Gasteiger partial charge in [-0.1, -0.05) is 0 Å². The van der Waals surface area contributed by atoms with Crippen molar-refractivity contribution in [3.05, 3.63) is 30.0 Å². The average Bonchev–Trinajstić information content (AvgIpc) is 2.78. The zero-order chi connectivity index (χ0) is 11.7. The second-order valence-electron chi connectivity index (χ2n) is 4.47. The Morgan fingerprint density at radius 2 is 2.12 bits per heavy atom. The van der Waals surface area contributed by atoms with E-state index in [-0.39, 0.29) is 0 Å². The van der Waals surface area contributed by atoms with Crippen molar-refractivity contribution in [2.75, 3.05) is 26.2 Å². The van der Waals surface area contributed by atoms with Crippen molar-refractivity contribution in [2.24, 2.45) is 0 Å². The highest BCUT2D eigenvalue weighted by atomic mass is 16.3. The molecular formula is C13H16N2O2. The van der Waals surface area contributed by atoms with Crippen LogP contribution in [-0.4, -0.2) is 36.2 Å². The van der Waals surface area contributed by atoms with E-state index in [9.17, 15) is 5.11 Å². The van der Waals surface area contributed by atoms with Crippen LogP contribution in [0.1, 0.15) is 5.56 Å². The number of benzene rings is 1. The third kappa shape index (κ3) is 2.14. The Kier molecular flexibility index (Phi) is 2.74. The number of fused-ring (bicyclic) bond motifs is 1. The van der Waals surface area contributed by atoms with Gasteiger partial charge in [-0.15, -0.1) is 0 Å². The second kappa shape index (κ2) is 4.39. The highest BCUT2D eigenvalue weighted by Gasteiger charge is 2.13. The third-order valence-corrected chi connectivity index (χ3v) is 3.26. The molecule has 0 bridgehead atoms. The monoisotopic (exact) mass is 232 g/mol. The van der Waals surface area contributed by atoms with E-state index in [1.54, 1.807) is 12.3 Å². The summed E-state index contributed by atoms with van der Waals surface area (Å²) < 4.78 is 5.26. The number of nitrogens with one attached hydrogen (secondary N) is 1. The van der Waals surface area contributed by atoms with Crippen LogP contribution in [0, 0.1) is 0 Å². The molecule has 4 heteroatoms. The number of phenolic OH excluding ortho intramolecular Hbond substituents is 1. The fourth-order valence-electron chi connectivity index (χ4n) is 2.28. The lowest BCUT2D eigenvalue weighted by Crippen LogP contribution is -2.42.